The van der Waals surface area contributed by atoms with Gasteiger partial charge in [0.1, 0.15) is 11.5 Å². The second-order valence-corrected chi connectivity index (χ2v) is 7.70. The summed E-state index contributed by atoms with van der Waals surface area (Å²) in [7, 11) is 1.59. The lowest BCUT2D eigenvalue weighted by atomic mass is 10.1. The number of carbonyl (C=O) groups is 1. The number of benzene rings is 3. The van der Waals surface area contributed by atoms with Gasteiger partial charge in [0.25, 0.3) is 5.91 Å². The summed E-state index contributed by atoms with van der Waals surface area (Å²) in [6.45, 7) is 1.10. The van der Waals surface area contributed by atoms with E-state index in [4.69, 9.17) is 9.47 Å². The molecule has 0 atom stereocenters. The van der Waals surface area contributed by atoms with E-state index in [2.05, 4.69) is 10.3 Å². The average Bonchev–Trinajstić information content (AvgIpc) is 3.21. The number of methoxy groups -OCH3 is 1. The van der Waals surface area contributed by atoms with Crippen LogP contribution < -0.4 is 19.7 Å². The molecular formula is C27H23N3O3. The van der Waals surface area contributed by atoms with Crippen molar-refractivity contribution in [3.63, 3.8) is 0 Å². The van der Waals surface area contributed by atoms with Gasteiger partial charge >= 0.3 is 0 Å². The number of anilines is 2. The first-order valence-electron chi connectivity index (χ1n) is 10.7. The van der Waals surface area contributed by atoms with Gasteiger partial charge in [0.05, 0.1) is 19.2 Å². The molecule has 0 saturated heterocycles. The van der Waals surface area contributed by atoms with E-state index in [1.54, 1.807) is 18.2 Å². The zero-order valence-electron chi connectivity index (χ0n) is 18.2. The molecule has 0 bridgehead atoms. The zero-order chi connectivity index (χ0) is 22.6. The molecule has 5 rings (SSSR count). The summed E-state index contributed by atoms with van der Waals surface area (Å²) in [5.74, 6) is 2.05. The maximum absolute atomic E-state index is 13.3. The Bertz CT molecular complexity index is 1270. The lowest BCUT2D eigenvalue weighted by Gasteiger charge is -2.17. The van der Waals surface area contributed by atoms with Crippen LogP contribution in [-0.2, 0) is 13.1 Å². The first-order valence-corrected chi connectivity index (χ1v) is 10.7. The van der Waals surface area contributed by atoms with E-state index in [9.17, 15) is 4.79 Å². The van der Waals surface area contributed by atoms with Crippen molar-refractivity contribution in [1.29, 1.82) is 0 Å². The average molecular weight is 437 g/mol. The number of hydrogen-bond acceptors (Lipinski definition) is 5. The number of aromatic nitrogens is 1. The number of ether oxygens (including phenoxy) is 2. The highest BCUT2D eigenvalue weighted by Crippen LogP contribution is 2.34. The Labute approximate surface area is 192 Å². The van der Waals surface area contributed by atoms with Gasteiger partial charge in [-0.15, -0.1) is 0 Å². The van der Waals surface area contributed by atoms with Crippen LogP contribution in [0.4, 0.5) is 11.4 Å². The fourth-order valence-electron chi connectivity index (χ4n) is 3.91. The van der Waals surface area contributed by atoms with Gasteiger partial charge < -0.3 is 19.7 Å². The normalized spacial score (nSPS) is 12.4. The smallest absolute Gasteiger partial charge is 0.261 e. The second kappa shape index (κ2) is 9.04. The SMILES string of the molecule is COc1cc(CNc2cccc3c2C(=O)N(c2ccc(Oc4ccccc4)cc2)C3)ccn1. The quantitative estimate of drug-likeness (QED) is 0.404. The molecule has 0 aliphatic carbocycles. The van der Waals surface area contributed by atoms with Crippen LogP contribution in [0.3, 0.4) is 0 Å². The van der Waals surface area contributed by atoms with Crippen molar-refractivity contribution in [2.45, 2.75) is 13.1 Å². The Morgan fingerprint density at radius 1 is 0.939 bits per heavy atom. The summed E-state index contributed by atoms with van der Waals surface area (Å²) in [6.07, 6.45) is 1.71. The van der Waals surface area contributed by atoms with Gasteiger partial charge in [-0.25, -0.2) is 4.98 Å². The molecule has 6 nitrogen and oxygen atoms in total. The first kappa shape index (κ1) is 20.6. The van der Waals surface area contributed by atoms with Crippen LogP contribution in [0, 0.1) is 0 Å². The van der Waals surface area contributed by atoms with E-state index in [0.717, 1.165) is 34.0 Å². The van der Waals surface area contributed by atoms with Crippen molar-refractivity contribution in [2.24, 2.45) is 0 Å². The number of amides is 1. The molecule has 4 aromatic rings. The minimum absolute atomic E-state index is 0.0165. The number of carbonyl (C=O) groups excluding carboxylic acids is 1. The molecule has 1 N–H and O–H groups in total. The summed E-state index contributed by atoms with van der Waals surface area (Å²) < 4.78 is 11.1. The number of para-hydroxylation sites is 1. The van der Waals surface area contributed by atoms with Crippen molar-refractivity contribution in [3.8, 4) is 17.4 Å². The standard InChI is InChI=1S/C27H23N3O3/c1-32-25-16-19(14-15-28-25)17-29-24-9-5-6-20-18-30(27(31)26(20)24)21-10-12-23(13-11-21)33-22-7-3-2-4-8-22/h2-16,29H,17-18H2,1H3. The topological polar surface area (TPSA) is 63.7 Å². The number of rotatable bonds is 7. The molecule has 0 saturated carbocycles. The van der Waals surface area contributed by atoms with Crippen LogP contribution in [0.1, 0.15) is 21.5 Å². The minimum atomic E-state index is -0.0165. The number of pyridine rings is 1. The van der Waals surface area contributed by atoms with E-state index in [-0.39, 0.29) is 5.91 Å². The van der Waals surface area contributed by atoms with E-state index in [1.165, 1.54) is 0 Å². The Morgan fingerprint density at radius 2 is 1.73 bits per heavy atom. The van der Waals surface area contributed by atoms with Gasteiger partial charge in [-0.3, -0.25) is 4.79 Å². The molecular weight excluding hydrogens is 414 g/mol. The van der Waals surface area contributed by atoms with Crippen LogP contribution in [0.15, 0.2) is 91.1 Å². The van der Waals surface area contributed by atoms with Crippen molar-refractivity contribution in [1.82, 2.24) is 4.98 Å². The summed E-state index contributed by atoms with van der Waals surface area (Å²) in [4.78, 5) is 19.3. The fourth-order valence-corrected chi connectivity index (χ4v) is 3.91. The number of nitrogens with one attached hydrogen (secondary N) is 1. The Kier molecular flexibility index (Phi) is 5.64. The molecule has 164 valence electrons. The molecule has 33 heavy (non-hydrogen) atoms. The molecule has 3 aromatic carbocycles. The van der Waals surface area contributed by atoms with Crippen LogP contribution in [0.2, 0.25) is 0 Å². The molecule has 1 aliphatic rings. The third-order valence-corrected chi connectivity index (χ3v) is 5.56. The zero-order valence-corrected chi connectivity index (χ0v) is 18.2. The number of nitrogens with zero attached hydrogens (tertiary/aromatic N) is 2. The predicted molar refractivity (Wildman–Crippen MR) is 128 cm³/mol. The van der Waals surface area contributed by atoms with Crippen LogP contribution in [0.25, 0.3) is 0 Å². The molecule has 1 aliphatic heterocycles. The number of fused-ring (bicyclic) bond motifs is 1. The summed E-state index contributed by atoms with van der Waals surface area (Å²) in [5.41, 5.74) is 4.39. The predicted octanol–water partition coefficient (Wildman–Crippen LogP) is 5.66. The third kappa shape index (κ3) is 4.36. The highest BCUT2D eigenvalue weighted by molar-refractivity contribution is 6.13. The highest BCUT2D eigenvalue weighted by atomic mass is 16.5. The maximum atomic E-state index is 13.3. The lowest BCUT2D eigenvalue weighted by molar-refractivity contribution is 0.0997. The van der Waals surface area contributed by atoms with E-state index in [1.807, 2.05) is 84.9 Å². The van der Waals surface area contributed by atoms with Gasteiger partial charge in [0.2, 0.25) is 5.88 Å². The number of hydrogen-bond donors (Lipinski definition) is 1. The van der Waals surface area contributed by atoms with E-state index >= 15 is 0 Å². The van der Waals surface area contributed by atoms with Crippen LogP contribution >= 0.6 is 0 Å². The largest absolute Gasteiger partial charge is 0.481 e. The van der Waals surface area contributed by atoms with Crippen molar-refractivity contribution < 1.29 is 14.3 Å². The molecule has 0 spiro atoms. The van der Waals surface area contributed by atoms with Gasteiger partial charge in [-0.1, -0.05) is 30.3 Å². The highest BCUT2D eigenvalue weighted by Gasteiger charge is 2.30. The Balaban J connectivity index is 1.31. The molecule has 2 heterocycles. The van der Waals surface area contributed by atoms with Crippen LogP contribution in [-0.4, -0.2) is 18.0 Å². The van der Waals surface area contributed by atoms with Crippen molar-refractivity contribution in [3.05, 3.63) is 108 Å². The first-order chi connectivity index (χ1) is 16.2. The Morgan fingerprint density at radius 3 is 2.52 bits per heavy atom. The Hall–Kier alpha value is -4.32. The molecule has 0 fully saturated rings. The molecule has 6 heteroatoms. The lowest BCUT2D eigenvalue weighted by Crippen LogP contribution is -2.23. The maximum Gasteiger partial charge on any atom is 0.261 e. The molecule has 0 unspecified atom stereocenters. The van der Waals surface area contributed by atoms with Gasteiger partial charge in [0.15, 0.2) is 0 Å². The van der Waals surface area contributed by atoms with Crippen molar-refractivity contribution >= 4 is 17.3 Å². The van der Waals surface area contributed by atoms with E-state index in [0.29, 0.717) is 24.5 Å². The van der Waals surface area contributed by atoms with E-state index < -0.39 is 0 Å². The molecule has 0 radical (unpaired) electrons. The summed E-state index contributed by atoms with van der Waals surface area (Å²) in [5, 5.41) is 3.40. The van der Waals surface area contributed by atoms with Gasteiger partial charge in [-0.2, -0.15) is 0 Å². The van der Waals surface area contributed by atoms with Crippen LogP contribution in [0.5, 0.6) is 17.4 Å². The van der Waals surface area contributed by atoms with Crippen molar-refractivity contribution in [2.75, 3.05) is 17.3 Å². The third-order valence-electron chi connectivity index (χ3n) is 5.56. The second-order valence-electron chi connectivity index (χ2n) is 7.70. The summed E-state index contributed by atoms with van der Waals surface area (Å²) in [6, 6.07) is 26.9. The molecule has 1 aromatic heterocycles. The molecule has 1 amide bonds. The minimum Gasteiger partial charge on any atom is -0.481 e. The van der Waals surface area contributed by atoms with Gasteiger partial charge in [0, 0.05) is 30.2 Å². The fraction of sp³-hybridized carbons (Fsp3) is 0.111. The summed E-state index contributed by atoms with van der Waals surface area (Å²) >= 11 is 0. The monoisotopic (exact) mass is 437 g/mol. The van der Waals surface area contributed by atoms with Gasteiger partial charge in [-0.05, 0) is 59.7 Å².